The number of benzene rings is 4. The molecule has 2 amide bonds. The fraction of sp³-hybridized carbons (Fsp3) is 0.475. The second-order valence-electron chi connectivity index (χ2n) is 23.2. The van der Waals surface area contributed by atoms with Crippen molar-refractivity contribution in [3.8, 4) is 23.0 Å². The van der Waals surface area contributed by atoms with Crippen LogP contribution < -0.4 is 20.1 Å². The summed E-state index contributed by atoms with van der Waals surface area (Å²) in [7, 11) is 0. The molecule has 0 atom stereocenters. The zero-order chi connectivity index (χ0) is 50.8. The first kappa shape index (κ1) is 52.7. The third kappa shape index (κ3) is 13.2. The van der Waals surface area contributed by atoms with E-state index in [1.54, 1.807) is 23.5 Å². The first-order valence-corrected chi connectivity index (χ1v) is 27.1. The number of nitrogens with zero attached hydrogens (tertiary/aromatic N) is 1. The summed E-state index contributed by atoms with van der Waals surface area (Å²) >= 11 is 3.42. The van der Waals surface area contributed by atoms with Gasteiger partial charge in [0.1, 0.15) is 23.0 Å². The first-order valence-electron chi connectivity index (χ1n) is 24.8. The van der Waals surface area contributed by atoms with Crippen LogP contribution in [0.3, 0.4) is 0 Å². The molecule has 374 valence electrons. The number of pyridine rings is 1. The topological polar surface area (TPSA) is 130 Å². The van der Waals surface area contributed by atoms with Crippen molar-refractivity contribution in [2.45, 2.75) is 142 Å². The van der Waals surface area contributed by atoms with Gasteiger partial charge in [-0.05, 0) is 101 Å². The molecule has 5 aromatic rings. The number of aromatic hydroxyl groups is 2. The highest BCUT2D eigenvalue weighted by Gasteiger charge is 2.29. The summed E-state index contributed by atoms with van der Waals surface area (Å²) in [5.41, 5.74) is 11.4. The number of rotatable bonds is 0. The lowest BCUT2D eigenvalue weighted by Crippen LogP contribution is -2.31. The van der Waals surface area contributed by atoms with Crippen LogP contribution in [0, 0.1) is 0 Å². The summed E-state index contributed by atoms with van der Waals surface area (Å²) in [6, 6.07) is 23.1. The van der Waals surface area contributed by atoms with Crippen molar-refractivity contribution in [1.29, 1.82) is 0 Å². The lowest BCUT2D eigenvalue weighted by molar-refractivity contribution is -0.123. The SMILES string of the molecule is CC(C)(C)c1cc2c(O)c(c1)Cc1cc(C(C)(C)C)cc3c1OCC(=O)NCCSCc1cccc(n1)CSCCNC(=O)COc1c(cc(C(C)(C)C)cc1Cc1cc(C(C)(C)C)cc(c1O)C3)C2. The van der Waals surface area contributed by atoms with Gasteiger partial charge in [-0.15, -0.1) is 0 Å². The van der Waals surface area contributed by atoms with E-state index in [-0.39, 0.29) is 58.2 Å². The van der Waals surface area contributed by atoms with Gasteiger partial charge in [0.15, 0.2) is 13.2 Å². The normalized spacial score (nSPS) is 16.1. The lowest BCUT2D eigenvalue weighted by Gasteiger charge is -2.28. The summed E-state index contributed by atoms with van der Waals surface area (Å²) in [5, 5.41) is 31.4. The number of nitrogens with one attached hydrogen (secondary N) is 2. The molecule has 0 unspecified atom stereocenters. The van der Waals surface area contributed by atoms with Crippen molar-refractivity contribution in [2.75, 3.05) is 37.8 Å². The molecule has 9 nitrogen and oxygen atoms in total. The standard InChI is InChI=1S/C59H75N3O6S2/c1-56(2,3)44-24-36-20-40-28-46(58(7,8)9)30-42-22-38-26-45(57(4,5)6)27-39(53(38)66)23-43-31-47(59(10,11)12)29-41(21-37(25-44)52(36)65)55(43)68-33-51(64)61-17-19-70-35-49-15-13-14-48(62-49)34-69-18-16-60-50(63)32-67-54(40)42/h13-15,24-31,65-66H,16-23,32-35H2,1-12H3,(H,60,63)(H,61,64). The van der Waals surface area contributed by atoms with E-state index < -0.39 is 0 Å². The Morgan fingerprint density at radius 3 is 1.04 bits per heavy atom. The molecule has 1 aromatic heterocycles. The van der Waals surface area contributed by atoms with Crippen molar-refractivity contribution in [3.05, 3.63) is 145 Å². The van der Waals surface area contributed by atoms with E-state index in [2.05, 4.69) is 142 Å². The number of phenolic OH excluding ortho intramolecular Hbond substituents is 2. The number of amides is 2. The van der Waals surface area contributed by atoms with Crippen LogP contribution in [-0.2, 0) is 68.4 Å². The van der Waals surface area contributed by atoms with E-state index in [1.807, 2.05) is 18.2 Å². The molecule has 11 heteroatoms. The Hall–Kier alpha value is -5.13. The van der Waals surface area contributed by atoms with Crippen molar-refractivity contribution in [1.82, 2.24) is 15.6 Å². The van der Waals surface area contributed by atoms with Crippen molar-refractivity contribution in [3.63, 3.8) is 0 Å². The summed E-state index contributed by atoms with van der Waals surface area (Å²) < 4.78 is 13.5. The third-order valence-corrected chi connectivity index (χ3v) is 15.2. The van der Waals surface area contributed by atoms with Crippen LogP contribution >= 0.6 is 23.5 Å². The van der Waals surface area contributed by atoms with E-state index in [1.165, 1.54) is 0 Å². The van der Waals surface area contributed by atoms with Gasteiger partial charge in [0.05, 0.1) is 11.4 Å². The number of carbonyl (C=O) groups excluding carboxylic acids is 2. The second kappa shape index (κ2) is 21.3. The van der Waals surface area contributed by atoms with Crippen LogP contribution in [-0.4, -0.2) is 64.8 Å². The molecule has 0 saturated heterocycles. The van der Waals surface area contributed by atoms with Crippen LogP contribution in [0.15, 0.2) is 66.7 Å². The summed E-state index contributed by atoms with van der Waals surface area (Å²) in [6.45, 7) is 26.7. The molecule has 4 N–H and O–H groups in total. The predicted octanol–water partition coefficient (Wildman–Crippen LogP) is 11.5. The van der Waals surface area contributed by atoms with E-state index >= 15 is 0 Å². The van der Waals surface area contributed by atoms with Crippen molar-refractivity contribution in [2.24, 2.45) is 0 Å². The van der Waals surface area contributed by atoms with Crippen molar-refractivity contribution >= 4 is 35.3 Å². The maximum absolute atomic E-state index is 13.7. The maximum atomic E-state index is 13.7. The minimum absolute atomic E-state index is 0.181. The first-order chi connectivity index (χ1) is 32.8. The molecular formula is C59H75N3O6S2. The zero-order valence-electron chi connectivity index (χ0n) is 43.6. The highest BCUT2D eigenvalue weighted by atomic mass is 32.2. The van der Waals surface area contributed by atoms with Gasteiger partial charge in [-0.2, -0.15) is 23.5 Å². The van der Waals surface area contributed by atoms with Crippen LogP contribution in [0.2, 0.25) is 0 Å². The molecule has 3 heterocycles. The average Bonchev–Trinajstić information content (AvgIpc) is 3.26. The van der Waals surface area contributed by atoms with Gasteiger partial charge >= 0.3 is 0 Å². The van der Waals surface area contributed by atoms with Crippen molar-refractivity contribution < 1.29 is 29.3 Å². The quantitative estimate of drug-likeness (QED) is 0.118. The smallest absolute Gasteiger partial charge is 0.257 e. The fourth-order valence-corrected chi connectivity index (χ4v) is 10.5. The predicted molar refractivity (Wildman–Crippen MR) is 289 cm³/mol. The molecule has 0 saturated carbocycles. The summed E-state index contributed by atoms with van der Waals surface area (Å²) in [6.07, 6.45) is 1.27. The number of thioether (sulfide) groups is 2. The molecule has 3 aliphatic rings. The van der Waals surface area contributed by atoms with E-state index in [4.69, 9.17) is 14.5 Å². The zero-order valence-corrected chi connectivity index (χ0v) is 45.3. The minimum atomic E-state index is -0.274. The molecule has 1 aliphatic carbocycles. The molecule has 0 spiro atoms. The van der Waals surface area contributed by atoms with Crippen LogP contribution in [0.25, 0.3) is 0 Å². The Morgan fingerprint density at radius 1 is 0.471 bits per heavy atom. The van der Waals surface area contributed by atoms with E-state index in [0.717, 1.165) is 78.1 Å². The second-order valence-corrected chi connectivity index (χ2v) is 25.5. The number of phenols is 2. The Morgan fingerprint density at radius 2 is 0.757 bits per heavy atom. The number of ether oxygens (including phenoxy) is 2. The van der Waals surface area contributed by atoms with E-state index in [9.17, 15) is 19.8 Å². The largest absolute Gasteiger partial charge is 0.507 e. The van der Waals surface area contributed by atoms with Gasteiger partial charge in [0.2, 0.25) is 0 Å². The number of fused-ring (bicyclic) bond motifs is 14. The molecule has 2 aliphatic heterocycles. The number of hydrogen-bond donors (Lipinski definition) is 4. The molecule has 0 radical (unpaired) electrons. The molecule has 4 aromatic carbocycles. The molecule has 8 rings (SSSR count). The fourth-order valence-electron chi connectivity index (χ4n) is 8.96. The Labute approximate surface area is 425 Å². The highest BCUT2D eigenvalue weighted by Crippen LogP contribution is 2.44. The molecule has 70 heavy (non-hydrogen) atoms. The Balaban J connectivity index is 1.47. The van der Waals surface area contributed by atoms with Gasteiger partial charge < -0.3 is 30.3 Å². The van der Waals surface area contributed by atoms with Gasteiger partial charge in [-0.1, -0.05) is 138 Å². The number of aromatic nitrogens is 1. The van der Waals surface area contributed by atoms with Gasteiger partial charge in [0, 0.05) is 61.8 Å². The Bertz CT molecular complexity index is 2460. The van der Waals surface area contributed by atoms with Gasteiger partial charge in [-0.3, -0.25) is 14.6 Å². The molecular weight excluding hydrogens is 911 g/mol. The molecule has 12 bridgehead atoms. The summed E-state index contributed by atoms with van der Waals surface area (Å²) in [4.78, 5) is 32.3. The van der Waals surface area contributed by atoms with Crippen LogP contribution in [0.5, 0.6) is 23.0 Å². The van der Waals surface area contributed by atoms with E-state index in [0.29, 0.717) is 73.3 Å². The minimum Gasteiger partial charge on any atom is -0.507 e. The molecule has 0 fully saturated rings. The Kier molecular flexibility index (Phi) is 16.0. The third-order valence-electron chi connectivity index (χ3n) is 13.2. The highest BCUT2D eigenvalue weighted by molar-refractivity contribution is 7.98. The average molecular weight is 986 g/mol. The van der Waals surface area contributed by atoms with Gasteiger partial charge in [0.25, 0.3) is 11.8 Å². The van der Waals surface area contributed by atoms with Crippen LogP contribution in [0.4, 0.5) is 0 Å². The van der Waals surface area contributed by atoms with Crippen LogP contribution in [0.1, 0.15) is 161 Å². The number of carbonyl (C=O) groups is 2. The number of hydrogen-bond acceptors (Lipinski definition) is 9. The maximum Gasteiger partial charge on any atom is 0.257 e. The summed E-state index contributed by atoms with van der Waals surface area (Å²) in [5.74, 6) is 3.88. The van der Waals surface area contributed by atoms with Gasteiger partial charge in [-0.25, -0.2) is 0 Å². The monoisotopic (exact) mass is 986 g/mol. The lowest BCUT2D eigenvalue weighted by atomic mass is 9.79.